The molecule has 2 amide bonds. The molecule has 2 aliphatic carbocycles. The minimum atomic E-state index is -4.61. The molecule has 40 heavy (non-hydrogen) atoms. The molecular weight excluding hydrogens is 531 g/mol. The first-order valence-electron chi connectivity index (χ1n) is 13.6. The molecule has 2 saturated carbocycles. The van der Waals surface area contributed by atoms with E-state index in [1.165, 1.54) is 18.1 Å². The van der Waals surface area contributed by atoms with Crippen molar-refractivity contribution in [1.82, 2.24) is 15.2 Å². The van der Waals surface area contributed by atoms with Crippen molar-refractivity contribution in [2.45, 2.75) is 63.2 Å². The summed E-state index contributed by atoms with van der Waals surface area (Å²) in [4.78, 5) is 56.3. The van der Waals surface area contributed by atoms with Crippen molar-refractivity contribution >= 4 is 34.3 Å². The normalized spacial score (nSPS) is 25.3. The van der Waals surface area contributed by atoms with Gasteiger partial charge in [0.1, 0.15) is 29.9 Å². The van der Waals surface area contributed by atoms with Crippen LogP contribution in [0.2, 0.25) is 0 Å². The summed E-state index contributed by atoms with van der Waals surface area (Å²) in [5.41, 5.74) is -0.832. The van der Waals surface area contributed by atoms with Crippen LogP contribution in [0.3, 0.4) is 0 Å². The van der Waals surface area contributed by atoms with Gasteiger partial charge in [0, 0.05) is 24.3 Å². The lowest BCUT2D eigenvalue weighted by atomic mass is 9.91. The van der Waals surface area contributed by atoms with Crippen LogP contribution in [0.25, 0.3) is 10.9 Å². The molecule has 0 spiro atoms. The predicted molar refractivity (Wildman–Crippen MR) is 136 cm³/mol. The van der Waals surface area contributed by atoms with E-state index in [9.17, 15) is 37.5 Å². The van der Waals surface area contributed by atoms with Crippen LogP contribution < -0.4 is 10.1 Å². The number of aromatic nitrogens is 1. The number of alkyl halides is 3. The molecule has 0 unspecified atom stereocenters. The van der Waals surface area contributed by atoms with Crippen molar-refractivity contribution in [2.75, 3.05) is 20.3 Å². The summed E-state index contributed by atoms with van der Waals surface area (Å²) in [6.45, 7) is -0.496. The van der Waals surface area contributed by atoms with Gasteiger partial charge in [-0.2, -0.15) is 13.2 Å². The number of aliphatic hydroxyl groups excluding tert-OH is 1. The van der Waals surface area contributed by atoms with Crippen molar-refractivity contribution in [3.05, 3.63) is 29.5 Å². The molecule has 1 aliphatic heterocycles. The van der Waals surface area contributed by atoms with Gasteiger partial charge >= 0.3 is 6.18 Å². The number of halogens is 3. The summed E-state index contributed by atoms with van der Waals surface area (Å²) in [5.74, 6) is -2.14. The number of likely N-dealkylation sites (tertiary alicyclic amines) is 1. The summed E-state index contributed by atoms with van der Waals surface area (Å²) >= 11 is 0. The van der Waals surface area contributed by atoms with Gasteiger partial charge in [0.25, 0.3) is 5.91 Å². The highest BCUT2D eigenvalue weighted by Gasteiger charge is 2.50. The van der Waals surface area contributed by atoms with Crippen LogP contribution in [0.5, 0.6) is 5.75 Å². The van der Waals surface area contributed by atoms with E-state index in [4.69, 9.17) is 4.74 Å². The number of carbonyl (C=O) groups is 4. The number of methoxy groups -OCH3 is 1. The standard InChI is InChI=1S/C28H32F3N3O6/c1-40-24-10-16(28(29,30)31)9-19-18(24)11-21(32-19)27(39)34-12-15-5-2-6-17(15)25(34)26(38)33-20(23(37)13-35)8-14-4-3-7-22(14)36/h9-11,14-15,17,20,25,32,35H,2-8,12-13H2,1H3,(H,33,38)/t14-,15-,17-,20-,25-/m0/s1. The lowest BCUT2D eigenvalue weighted by Crippen LogP contribution is -2.53. The average molecular weight is 564 g/mol. The Morgan fingerprint density at radius 3 is 2.60 bits per heavy atom. The second-order valence-corrected chi connectivity index (χ2v) is 11.1. The number of carbonyl (C=O) groups excluding carboxylic acids is 4. The molecule has 3 aliphatic rings. The minimum absolute atomic E-state index is 0.0185. The fraction of sp³-hybridized carbons (Fsp3) is 0.571. The Kier molecular flexibility index (Phi) is 7.64. The first-order valence-corrected chi connectivity index (χ1v) is 13.6. The molecule has 0 bridgehead atoms. The maximum atomic E-state index is 13.7. The SMILES string of the molecule is COc1cc(C(F)(F)F)cc2[nH]c(C(=O)N3C[C@@H]4CCC[C@@H]4[C@H]3C(=O)N[C@@H](C[C@@H]3CCCC3=O)C(=O)CO)cc12. The number of aliphatic hydroxyl groups is 1. The zero-order chi connectivity index (χ0) is 28.8. The van der Waals surface area contributed by atoms with Gasteiger partial charge in [-0.15, -0.1) is 0 Å². The van der Waals surface area contributed by atoms with Crippen molar-refractivity contribution in [1.29, 1.82) is 0 Å². The molecule has 1 saturated heterocycles. The van der Waals surface area contributed by atoms with E-state index in [-0.39, 0.29) is 46.9 Å². The van der Waals surface area contributed by atoms with Gasteiger partial charge in [-0.25, -0.2) is 0 Å². The number of hydrogen-bond donors (Lipinski definition) is 3. The molecule has 2 aromatic rings. The van der Waals surface area contributed by atoms with E-state index in [0.717, 1.165) is 25.0 Å². The van der Waals surface area contributed by atoms with Gasteiger partial charge in [0.2, 0.25) is 5.91 Å². The molecule has 9 nitrogen and oxygen atoms in total. The number of H-pyrrole nitrogens is 1. The maximum Gasteiger partial charge on any atom is 0.416 e. The predicted octanol–water partition coefficient (Wildman–Crippen LogP) is 3.24. The van der Waals surface area contributed by atoms with Gasteiger partial charge in [0.05, 0.1) is 24.2 Å². The Balaban J connectivity index is 1.42. The molecule has 12 heteroatoms. The Labute approximate surface area is 228 Å². The summed E-state index contributed by atoms with van der Waals surface area (Å²) in [6, 6.07) is 1.25. The largest absolute Gasteiger partial charge is 0.496 e. The third-order valence-corrected chi connectivity index (χ3v) is 8.71. The average Bonchev–Trinajstić information content (AvgIpc) is 3.70. The van der Waals surface area contributed by atoms with E-state index >= 15 is 0 Å². The van der Waals surface area contributed by atoms with Crippen LogP contribution in [0.1, 0.15) is 61.0 Å². The second kappa shape index (κ2) is 10.9. The van der Waals surface area contributed by atoms with Crippen LogP contribution in [0.15, 0.2) is 18.2 Å². The number of Topliss-reactive ketones (excluding diaryl/α,β-unsaturated/α-hetero) is 2. The van der Waals surface area contributed by atoms with E-state index in [2.05, 4.69) is 10.3 Å². The molecular formula is C28H32F3N3O6. The fourth-order valence-corrected chi connectivity index (χ4v) is 6.72. The zero-order valence-corrected chi connectivity index (χ0v) is 22.1. The van der Waals surface area contributed by atoms with Gasteiger partial charge < -0.3 is 25.0 Å². The Bertz CT molecular complexity index is 1340. The number of nitrogens with one attached hydrogen (secondary N) is 2. The monoisotopic (exact) mass is 563 g/mol. The summed E-state index contributed by atoms with van der Waals surface area (Å²) < 4.78 is 45.4. The van der Waals surface area contributed by atoms with Crippen LogP contribution in [-0.2, 0) is 20.6 Å². The van der Waals surface area contributed by atoms with E-state index in [0.29, 0.717) is 37.6 Å². The van der Waals surface area contributed by atoms with E-state index < -0.39 is 48.0 Å². The van der Waals surface area contributed by atoms with E-state index in [1.807, 2.05) is 0 Å². The summed E-state index contributed by atoms with van der Waals surface area (Å²) in [6.07, 6.45) is -0.340. The molecule has 216 valence electrons. The Morgan fingerprint density at radius 2 is 1.95 bits per heavy atom. The minimum Gasteiger partial charge on any atom is -0.496 e. The van der Waals surface area contributed by atoms with Gasteiger partial charge in [-0.1, -0.05) is 6.42 Å². The Hall–Kier alpha value is -3.41. The van der Waals surface area contributed by atoms with Gasteiger partial charge in [-0.3, -0.25) is 19.2 Å². The number of rotatable bonds is 8. The number of aromatic amines is 1. The number of nitrogens with zero attached hydrogens (tertiary/aromatic N) is 1. The fourth-order valence-electron chi connectivity index (χ4n) is 6.72. The molecule has 5 atom stereocenters. The van der Waals surface area contributed by atoms with Crippen molar-refractivity contribution in [3.8, 4) is 5.75 Å². The molecule has 1 aromatic carbocycles. The quantitative estimate of drug-likeness (QED) is 0.453. The van der Waals surface area contributed by atoms with Crippen molar-refractivity contribution in [2.24, 2.45) is 17.8 Å². The highest BCUT2D eigenvalue weighted by Crippen LogP contribution is 2.43. The smallest absolute Gasteiger partial charge is 0.416 e. The molecule has 1 aromatic heterocycles. The zero-order valence-electron chi connectivity index (χ0n) is 22.1. The first-order chi connectivity index (χ1) is 19.0. The second-order valence-electron chi connectivity index (χ2n) is 11.1. The van der Waals surface area contributed by atoms with Crippen molar-refractivity contribution in [3.63, 3.8) is 0 Å². The highest BCUT2D eigenvalue weighted by molar-refractivity contribution is 6.02. The number of ketones is 2. The molecule has 3 N–H and O–H groups in total. The van der Waals surface area contributed by atoms with Crippen LogP contribution in [-0.4, -0.2) is 70.7 Å². The Morgan fingerprint density at radius 1 is 1.18 bits per heavy atom. The van der Waals surface area contributed by atoms with E-state index in [1.54, 1.807) is 0 Å². The lowest BCUT2D eigenvalue weighted by Gasteiger charge is -2.29. The van der Waals surface area contributed by atoms with Crippen molar-refractivity contribution < 1.29 is 42.2 Å². The number of fused-ring (bicyclic) bond motifs is 2. The van der Waals surface area contributed by atoms with Gasteiger partial charge in [-0.05, 0) is 62.1 Å². The van der Waals surface area contributed by atoms with Gasteiger partial charge in [0.15, 0.2) is 5.78 Å². The number of hydrogen-bond acceptors (Lipinski definition) is 6. The topological polar surface area (TPSA) is 129 Å². The summed E-state index contributed by atoms with van der Waals surface area (Å²) in [5, 5.41) is 12.5. The lowest BCUT2D eigenvalue weighted by molar-refractivity contribution is -0.137. The number of ether oxygens (including phenoxy) is 1. The third-order valence-electron chi connectivity index (χ3n) is 8.71. The highest BCUT2D eigenvalue weighted by atomic mass is 19.4. The number of amides is 2. The number of benzene rings is 1. The van der Waals surface area contributed by atoms with Crippen LogP contribution in [0.4, 0.5) is 13.2 Å². The summed E-state index contributed by atoms with van der Waals surface area (Å²) in [7, 11) is 1.24. The molecule has 2 heterocycles. The molecule has 3 fully saturated rings. The maximum absolute atomic E-state index is 13.7. The first kappa shape index (κ1) is 28.1. The third kappa shape index (κ3) is 5.21. The van der Waals surface area contributed by atoms with Crippen LogP contribution >= 0.6 is 0 Å². The molecule has 0 radical (unpaired) electrons. The van der Waals surface area contributed by atoms with Crippen LogP contribution in [0, 0.1) is 17.8 Å². The molecule has 5 rings (SSSR count).